The van der Waals surface area contributed by atoms with Gasteiger partial charge in [0.1, 0.15) is 28.6 Å². The number of piperidine rings is 1. The summed E-state index contributed by atoms with van der Waals surface area (Å²) in [5, 5.41) is 2.89. The van der Waals surface area contributed by atoms with Gasteiger partial charge in [-0.15, -0.1) is 0 Å². The predicted octanol–water partition coefficient (Wildman–Crippen LogP) is 4.39. The average Bonchev–Trinajstić information content (AvgIpc) is 2.73. The molecule has 1 saturated heterocycles. The van der Waals surface area contributed by atoms with E-state index in [1.807, 2.05) is 20.8 Å². The summed E-state index contributed by atoms with van der Waals surface area (Å²) in [4.78, 5) is 30.7. The van der Waals surface area contributed by atoms with Gasteiger partial charge >= 0.3 is 6.09 Å². The van der Waals surface area contributed by atoms with E-state index in [1.165, 1.54) is 36.5 Å². The molecule has 3 rings (SSSR count). The Labute approximate surface area is 181 Å². The van der Waals surface area contributed by atoms with Crippen LogP contribution in [-0.4, -0.2) is 47.1 Å². The van der Waals surface area contributed by atoms with Gasteiger partial charge in [-0.1, -0.05) is 0 Å². The number of benzene rings is 1. The molecule has 0 spiro atoms. The maximum atomic E-state index is 13.0. The zero-order chi connectivity index (χ0) is 22.4. The summed E-state index contributed by atoms with van der Waals surface area (Å²) in [6, 6.07) is 8.78. The summed E-state index contributed by atoms with van der Waals surface area (Å²) in [7, 11) is 0. The number of carbonyl (C=O) groups excluding carboxylic acids is 2. The molecule has 1 atom stereocenters. The molecule has 0 bridgehead atoms. The van der Waals surface area contributed by atoms with Gasteiger partial charge < -0.3 is 19.7 Å². The van der Waals surface area contributed by atoms with E-state index in [2.05, 4.69) is 10.3 Å². The third kappa shape index (κ3) is 6.94. The van der Waals surface area contributed by atoms with E-state index in [0.29, 0.717) is 31.1 Å². The van der Waals surface area contributed by atoms with Crippen molar-refractivity contribution in [1.82, 2.24) is 15.2 Å². The first-order chi connectivity index (χ1) is 14.7. The van der Waals surface area contributed by atoms with E-state index < -0.39 is 5.60 Å². The minimum Gasteiger partial charge on any atom is -0.457 e. The zero-order valence-corrected chi connectivity index (χ0v) is 18.1. The van der Waals surface area contributed by atoms with E-state index >= 15 is 0 Å². The zero-order valence-electron chi connectivity index (χ0n) is 18.1. The fourth-order valence-electron chi connectivity index (χ4n) is 3.29. The molecule has 0 saturated carbocycles. The molecule has 31 heavy (non-hydrogen) atoms. The highest BCUT2D eigenvalue weighted by Crippen LogP contribution is 2.22. The Balaban J connectivity index is 1.53. The molecule has 1 aliphatic heterocycles. The number of halogens is 1. The third-order valence-electron chi connectivity index (χ3n) is 4.74. The summed E-state index contributed by atoms with van der Waals surface area (Å²) in [6.07, 6.45) is 2.94. The van der Waals surface area contributed by atoms with Gasteiger partial charge in [-0.25, -0.2) is 9.18 Å². The SMILES string of the molecule is CC(C)(C)OC(=O)N1CCC[C@H](CNC(=O)c2cc(Oc3ccc(F)cc3)ccn2)C1. The molecule has 7 nitrogen and oxygen atoms in total. The molecule has 1 aromatic carbocycles. The number of ether oxygens (including phenoxy) is 2. The summed E-state index contributed by atoms with van der Waals surface area (Å²) in [5.41, 5.74) is -0.315. The lowest BCUT2D eigenvalue weighted by Gasteiger charge is -2.34. The molecule has 0 unspecified atom stereocenters. The molecule has 0 aliphatic carbocycles. The van der Waals surface area contributed by atoms with Gasteiger partial charge in [0.25, 0.3) is 5.91 Å². The van der Waals surface area contributed by atoms with Crippen LogP contribution in [0.3, 0.4) is 0 Å². The third-order valence-corrected chi connectivity index (χ3v) is 4.74. The van der Waals surface area contributed by atoms with Crippen LogP contribution in [0.25, 0.3) is 0 Å². The highest BCUT2D eigenvalue weighted by atomic mass is 19.1. The van der Waals surface area contributed by atoms with Crippen LogP contribution in [0.4, 0.5) is 9.18 Å². The van der Waals surface area contributed by atoms with Gasteiger partial charge in [0.15, 0.2) is 0 Å². The fraction of sp³-hybridized carbons (Fsp3) is 0.435. The molecule has 1 fully saturated rings. The normalized spacial score (nSPS) is 16.5. The number of aromatic nitrogens is 1. The molecule has 1 aromatic heterocycles. The molecule has 2 heterocycles. The Morgan fingerprint density at radius 3 is 2.65 bits per heavy atom. The number of nitrogens with zero attached hydrogens (tertiary/aromatic N) is 2. The van der Waals surface area contributed by atoms with Crippen LogP contribution < -0.4 is 10.1 Å². The topological polar surface area (TPSA) is 80.8 Å². The molecule has 166 valence electrons. The number of likely N-dealkylation sites (tertiary alicyclic amines) is 1. The van der Waals surface area contributed by atoms with Crippen LogP contribution in [-0.2, 0) is 4.74 Å². The second-order valence-electron chi connectivity index (χ2n) is 8.58. The van der Waals surface area contributed by atoms with Crippen LogP contribution in [0.2, 0.25) is 0 Å². The van der Waals surface area contributed by atoms with Crippen LogP contribution in [0.5, 0.6) is 11.5 Å². The first-order valence-corrected chi connectivity index (χ1v) is 10.4. The van der Waals surface area contributed by atoms with E-state index in [1.54, 1.807) is 11.0 Å². The standard InChI is InChI=1S/C23H28FN3O4/c1-23(2,3)31-22(29)27-12-4-5-16(15-27)14-26-21(28)20-13-19(10-11-25-20)30-18-8-6-17(24)7-9-18/h6-11,13,16H,4-5,12,14-15H2,1-3H3,(H,26,28)/t16-/m1/s1. The largest absolute Gasteiger partial charge is 0.457 e. The fourth-order valence-corrected chi connectivity index (χ4v) is 3.29. The van der Waals surface area contributed by atoms with E-state index in [9.17, 15) is 14.0 Å². The van der Waals surface area contributed by atoms with E-state index in [-0.39, 0.29) is 29.4 Å². The lowest BCUT2D eigenvalue weighted by atomic mass is 9.98. The molecule has 1 N–H and O–H groups in total. The van der Waals surface area contributed by atoms with Gasteiger partial charge in [-0.3, -0.25) is 9.78 Å². The van der Waals surface area contributed by atoms with Crippen molar-refractivity contribution < 1.29 is 23.5 Å². The van der Waals surface area contributed by atoms with Crippen LogP contribution in [0.1, 0.15) is 44.1 Å². The molecule has 0 radical (unpaired) electrons. The lowest BCUT2D eigenvalue weighted by molar-refractivity contribution is 0.0167. The number of hydrogen-bond donors (Lipinski definition) is 1. The molecule has 1 aliphatic rings. The first-order valence-electron chi connectivity index (χ1n) is 10.4. The predicted molar refractivity (Wildman–Crippen MR) is 114 cm³/mol. The number of hydrogen-bond acceptors (Lipinski definition) is 5. The number of carbonyl (C=O) groups is 2. The Bertz CT molecular complexity index is 912. The maximum Gasteiger partial charge on any atom is 0.410 e. The van der Waals surface area contributed by atoms with Crippen molar-refractivity contribution >= 4 is 12.0 Å². The second kappa shape index (κ2) is 9.76. The second-order valence-corrected chi connectivity index (χ2v) is 8.58. The summed E-state index contributed by atoms with van der Waals surface area (Å²) < 4.78 is 24.1. The number of pyridine rings is 1. The van der Waals surface area contributed by atoms with Crippen LogP contribution in [0.15, 0.2) is 42.6 Å². The van der Waals surface area contributed by atoms with Crippen molar-refractivity contribution in [3.05, 3.63) is 54.1 Å². The van der Waals surface area contributed by atoms with Crippen LogP contribution >= 0.6 is 0 Å². The van der Waals surface area contributed by atoms with Crippen molar-refractivity contribution in [3.8, 4) is 11.5 Å². The average molecular weight is 429 g/mol. The van der Waals surface area contributed by atoms with Gasteiger partial charge in [0, 0.05) is 31.9 Å². The van der Waals surface area contributed by atoms with Gasteiger partial charge in [-0.05, 0) is 69.9 Å². The van der Waals surface area contributed by atoms with Crippen molar-refractivity contribution in [3.63, 3.8) is 0 Å². The van der Waals surface area contributed by atoms with Crippen molar-refractivity contribution in [1.29, 1.82) is 0 Å². The van der Waals surface area contributed by atoms with Crippen molar-refractivity contribution in [2.24, 2.45) is 5.92 Å². The molecular weight excluding hydrogens is 401 g/mol. The van der Waals surface area contributed by atoms with E-state index in [4.69, 9.17) is 9.47 Å². The number of nitrogens with one attached hydrogen (secondary N) is 1. The monoisotopic (exact) mass is 429 g/mol. The molecular formula is C23H28FN3O4. The Morgan fingerprint density at radius 2 is 1.94 bits per heavy atom. The quantitative estimate of drug-likeness (QED) is 0.762. The summed E-state index contributed by atoms with van der Waals surface area (Å²) in [5.74, 6) is 0.363. The van der Waals surface area contributed by atoms with Gasteiger partial charge in [-0.2, -0.15) is 0 Å². The number of rotatable bonds is 5. The first kappa shape index (κ1) is 22.5. The molecule has 2 aromatic rings. The highest BCUT2D eigenvalue weighted by molar-refractivity contribution is 5.92. The summed E-state index contributed by atoms with van der Waals surface area (Å²) >= 11 is 0. The smallest absolute Gasteiger partial charge is 0.410 e. The number of amides is 2. The molecule has 8 heteroatoms. The van der Waals surface area contributed by atoms with Gasteiger partial charge in [0.05, 0.1) is 0 Å². The Morgan fingerprint density at radius 1 is 1.19 bits per heavy atom. The minimum atomic E-state index is -0.537. The lowest BCUT2D eigenvalue weighted by Crippen LogP contribution is -2.45. The van der Waals surface area contributed by atoms with Gasteiger partial charge in [0.2, 0.25) is 0 Å². The maximum absolute atomic E-state index is 13.0. The van der Waals surface area contributed by atoms with E-state index in [0.717, 1.165) is 12.8 Å². The van der Waals surface area contributed by atoms with Crippen molar-refractivity contribution in [2.45, 2.75) is 39.2 Å². The molecule has 2 amide bonds. The van der Waals surface area contributed by atoms with Crippen molar-refractivity contribution in [2.75, 3.05) is 19.6 Å². The van der Waals surface area contributed by atoms with Crippen LogP contribution in [0, 0.1) is 11.7 Å². The Kier molecular flexibility index (Phi) is 7.09. The highest BCUT2D eigenvalue weighted by Gasteiger charge is 2.28. The minimum absolute atomic E-state index is 0.142. The summed E-state index contributed by atoms with van der Waals surface area (Å²) in [6.45, 7) is 7.15. The Hall–Kier alpha value is -3.16.